The Bertz CT molecular complexity index is 1340. The monoisotopic (exact) mass is 518 g/mol. The van der Waals surface area contributed by atoms with E-state index in [0.29, 0.717) is 29.2 Å². The molecule has 0 aromatic heterocycles. The molecule has 0 fully saturated rings. The largest absolute Gasteiger partial charge is 0.481 e. The van der Waals surface area contributed by atoms with Crippen LogP contribution in [0.5, 0.6) is 0 Å². The van der Waals surface area contributed by atoms with Crippen molar-refractivity contribution in [2.75, 3.05) is 23.3 Å². The molecule has 0 unspecified atom stereocenters. The molecule has 37 heavy (non-hydrogen) atoms. The normalized spacial score (nSPS) is 12.7. The molecule has 3 N–H and O–H groups in total. The zero-order chi connectivity index (χ0) is 26.2. The topological polar surface area (TPSA) is 111 Å². The van der Waals surface area contributed by atoms with Gasteiger partial charge in [0.25, 0.3) is 11.8 Å². The summed E-state index contributed by atoms with van der Waals surface area (Å²) in [7, 11) is 0. The highest BCUT2D eigenvalue weighted by Crippen LogP contribution is 2.28. The number of halogens is 1. The third-order valence-electron chi connectivity index (χ3n) is 6.06. The van der Waals surface area contributed by atoms with Crippen molar-refractivity contribution in [3.05, 3.63) is 94.0 Å². The summed E-state index contributed by atoms with van der Waals surface area (Å²) in [6, 6.07) is 19.3. The van der Waals surface area contributed by atoms with Crippen molar-refractivity contribution in [1.82, 2.24) is 5.43 Å². The fraction of sp³-hybridized carbons (Fsp3) is 0.214. The maximum Gasteiger partial charge on any atom is 0.303 e. The standard InChI is InChI=1S/C28H27ClN4O4/c29-23-10-3-1-8-21(23)27(36)31-24-11-4-2-9-22(24)28(37)32-30-18-19-13-14-25-20(17-19)7-5-15-33(25)16-6-12-26(34)35/h1-4,8-11,13-14,17-18H,5-7,12,15-16H2,(H,31,36)(H,32,37)(H,34,35). The van der Waals surface area contributed by atoms with Crippen LogP contribution in [0.3, 0.4) is 0 Å². The summed E-state index contributed by atoms with van der Waals surface area (Å²) in [6.07, 6.45) is 4.26. The van der Waals surface area contributed by atoms with E-state index < -0.39 is 17.8 Å². The first-order chi connectivity index (χ1) is 17.9. The van der Waals surface area contributed by atoms with E-state index in [2.05, 4.69) is 20.7 Å². The van der Waals surface area contributed by atoms with Gasteiger partial charge in [-0.2, -0.15) is 5.10 Å². The SMILES string of the molecule is O=C(O)CCCN1CCCc2cc(C=NNC(=O)c3ccccc3NC(=O)c3ccccc3Cl)ccc21. The summed E-state index contributed by atoms with van der Waals surface area (Å²) in [5, 5.41) is 16.1. The number of rotatable bonds is 9. The van der Waals surface area contributed by atoms with Crippen LogP contribution in [0.1, 0.15) is 51.1 Å². The van der Waals surface area contributed by atoms with Crippen LogP contribution >= 0.6 is 11.6 Å². The van der Waals surface area contributed by atoms with E-state index in [9.17, 15) is 14.4 Å². The highest BCUT2D eigenvalue weighted by molar-refractivity contribution is 6.34. The minimum Gasteiger partial charge on any atom is -0.481 e. The molecular formula is C28H27ClN4O4. The summed E-state index contributed by atoms with van der Waals surface area (Å²) in [5.74, 6) is -1.66. The van der Waals surface area contributed by atoms with Gasteiger partial charge in [0.1, 0.15) is 0 Å². The number of nitrogens with zero attached hydrogens (tertiary/aromatic N) is 2. The molecule has 1 aliphatic rings. The number of hydrazone groups is 1. The Hall–Kier alpha value is -4.17. The van der Waals surface area contributed by atoms with Crippen molar-refractivity contribution < 1.29 is 19.5 Å². The molecule has 3 aromatic rings. The van der Waals surface area contributed by atoms with E-state index in [4.69, 9.17) is 16.7 Å². The molecule has 1 aliphatic heterocycles. The Morgan fingerprint density at radius 1 is 1.00 bits per heavy atom. The molecule has 190 valence electrons. The molecule has 1 heterocycles. The molecule has 8 nitrogen and oxygen atoms in total. The minimum absolute atomic E-state index is 0.156. The van der Waals surface area contributed by atoms with Crippen molar-refractivity contribution in [3.63, 3.8) is 0 Å². The zero-order valence-corrected chi connectivity index (χ0v) is 20.9. The van der Waals surface area contributed by atoms with Gasteiger partial charge in [0.05, 0.1) is 28.1 Å². The Morgan fingerprint density at radius 2 is 1.76 bits per heavy atom. The Kier molecular flexibility index (Phi) is 8.53. The van der Waals surface area contributed by atoms with Gasteiger partial charge in [0, 0.05) is 25.2 Å². The number of hydrogen-bond acceptors (Lipinski definition) is 5. The van der Waals surface area contributed by atoms with Gasteiger partial charge in [0.2, 0.25) is 0 Å². The van der Waals surface area contributed by atoms with Crippen LogP contribution in [0, 0.1) is 0 Å². The smallest absolute Gasteiger partial charge is 0.303 e. The van der Waals surface area contributed by atoms with Crippen LogP contribution in [0.2, 0.25) is 5.02 Å². The third kappa shape index (κ3) is 6.74. The first-order valence-electron chi connectivity index (χ1n) is 12.0. The number of nitrogens with one attached hydrogen (secondary N) is 2. The molecule has 0 radical (unpaired) electrons. The second-order valence-corrected chi connectivity index (χ2v) is 9.06. The predicted molar refractivity (Wildman–Crippen MR) is 145 cm³/mol. The van der Waals surface area contributed by atoms with Crippen LogP contribution in [0.4, 0.5) is 11.4 Å². The lowest BCUT2D eigenvalue weighted by molar-refractivity contribution is -0.137. The van der Waals surface area contributed by atoms with Crippen LogP contribution in [0.25, 0.3) is 0 Å². The Morgan fingerprint density at radius 3 is 2.54 bits per heavy atom. The van der Waals surface area contributed by atoms with Crippen LogP contribution < -0.4 is 15.6 Å². The molecule has 0 saturated heterocycles. The lowest BCUT2D eigenvalue weighted by Gasteiger charge is -2.31. The number of fused-ring (bicyclic) bond motifs is 1. The average Bonchev–Trinajstić information content (AvgIpc) is 2.89. The highest BCUT2D eigenvalue weighted by Gasteiger charge is 2.18. The number of hydrogen-bond donors (Lipinski definition) is 3. The van der Waals surface area contributed by atoms with Gasteiger partial charge in [-0.1, -0.05) is 41.9 Å². The van der Waals surface area contributed by atoms with Crippen molar-refractivity contribution >= 4 is 47.0 Å². The van der Waals surface area contributed by atoms with Gasteiger partial charge in [-0.3, -0.25) is 14.4 Å². The number of carbonyl (C=O) groups is 3. The highest BCUT2D eigenvalue weighted by atomic mass is 35.5. The number of carbonyl (C=O) groups excluding carboxylic acids is 2. The minimum atomic E-state index is -0.781. The van der Waals surface area contributed by atoms with E-state index >= 15 is 0 Å². The first kappa shape index (κ1) is 25.9. The number of benzene rings is 3. The van der Waals surface area contributed by atoms with Crippen LogP contribution in [-0.2, 0) is 11.2 Å². The van der Waals surface area contributed by atoms with E-state index in [1.807, 2.05) is 18.2 Å². The van der Waals surface area contributed by atoms with Crippen LogP contribution in [-0.4, -0.2) is 42.2 Å². The van der Waals surface area contributed by atoms with E-state index in [0.717, 1.165) is 30.6 Å². The lowest BCUT2D eigenvalue weighted by atomic mass is 9.99. The average molecular weight is 519 g/mol. The number of aliphatic carboxylic acids is 1. The number of carboxylic acids is 1. The second-order valence-electron chi connectivity index (χ2n) is 8.65. The first-order valence-corrected chi connectivity index (χ1v) is 12.4. The second kappa shape index (κ2) is 12.2. The summed E-state index contributed by atoms with van der Waals surface area (Å²) in [6.45, 7) is 1.61. The molecule has 0 aliphatic carbocycles. The van der Waals surface area contributed by atoms with Gasteiger partial charge in [-0.05, 0) is 66.8 Å². The number of aryl methyl sites for hydroxylation is 1. The van der Waals surface area contributed by atoms with Crippen LogP contribution in [0.15, 0.2) is 71.8 Å². The molecule has 0 atom stereocenters. The summed E-state index contributed by atoms with van der Waals surface area (Å²) in [4.78, 5) is 38.5. The van der Waals surface area contributed by atoms with E-state index in [1.54, 1.807) is 54.7 Å². The molecule has 4 rings (SSSR count). The number of para-hydroxylation sites is 1. The van der Waals surface area contributed by atoms with E-state index in [-0.39, 0.29) is 12.0 Å². The predicted octanol–water partition coefficient (Wildman–Crippen LogP) is 4.97. The maximum atomic E-state index is 12.8. The van der Waals surface area contributed by atoms with Crippen molar-refractivity contribution in [3.8, 4) is 0 Å². The Labute approximate surface area is 219 Å². The quantitative estimate of drug-likeness (QED) is 0.273. The molecule has 0 bridgehead atoms. The van der Waals surface area contributed by atoms with Gasteiger partial charge < -0.3 is 15.3 Å². The van der Waals surface area contributed by atoms with Gasteiger partial charge in [-0.15, -0.1) is 0 Å². The zero-order valence-electron chi connectivity index (χ0n) is 20.1. The van der Waals surface area contributed by atoms with Crippen molar-refractivity contribution in [1.29, 1.82) is 0 Å². The Balaban J connectivity index is 1.40. The summed E-state index contributed by atoms with van der Waals surface area (Å²) >= 11 is 6.12. The van der Waals surface area contributed by atoms with Crippen molar-refractivity contribution in [2.24, 2.45) is 5.10 Å². The fourth-order valence-corrected chi connectivity index (χ4v) is 4.50. The number of amides is 2. The molecule has 9 heteroatoms. The van der Waals surface area contributed by atoms with Gasteiger partial charge in [-0.25, -0.2) is 5.43 Å². The number of anilines is 2. The molecule has 0 saturated carbocycles. The fourth-order valence-electron chi connectivity index (χ4n) is 4.28. The molecule has 2 amide bonds. The maximum absolute atomic E-state index is 12.8. The lowest BCUT2D eigenvalue weighted by Crippen LogP contribution is -2.30. The van der Waals surface area contributed by atoms with Gasteiger partial charge >= 0.3 is 5.97 Å². The molecular weight excluding hydrogens is 492 g/mol. The third-order valence-corrected chi connectivity index (χ3v) is 6.38. The molecule has 0 spiro atoms. The summed E-state index contributed by atoms with van der Waals surface area (Å²) in [5.41, 5.74) is 6.57. The number of carboxylic acid groups (broad SMARTS) is 1. The van der Waals surface area contributed by atoms with Gasteiger partial charge in [0.15, 0.2) is 0 Å². The molecule has 3 aromatic carbocycles. The van der Waals surface area contributed by atoms with Crippen molar-refractivity contribution in [2.45, 2.75) is 25.7 Å². The summed E-state index contributed by atoms with van der Waals surface area (Å²) < 4.78 is 0. The van der Waals surface area contributed by atoms with E-state index in [1.165, 1.54) is 5.56 Å².